The van der Waals surface area contributed by atoms with Gasteiger partial charge in [-0.25, -0.2) is 14.2 Å². The van der Waals surface area contributed by atoms with Crippen molar-refractivity contribution < 1.29 is 14.3 Å². The molecule has 0 bridgehead atoms. The summed E-state index contributed by atoms with van der Waals surface area (Å²) in [6, 6.07) is 8.36. The predicted octanol–water partition coefficient (Wildman–Crippen LogP) is 3.71. The van der Waals surface area contributed by atoms with Gasteiger partial charge in [0.05, 0.1) is 28.8 Å². The Morgan fingerprint density at radius 3 is 2.68 bits per heavy atom. The van der Waals surface area contributed by atoms with Crippen molar-refractivity contribution in [1.82, 2.24) is 19.4 Å². The van der Waals surface area contributed by atoms with Crippen LogP contribution in [0.25, 0.3) is 21.9 Å². The first kappa shape index (κ1) is 22.4. The molecule has 2 aromatic heterocycles. The number of aromatic carboxylic acids is 1. The van der Waals surface area contributed by atoms with Gasteiger partial charge >= 0.3 is 5.97 Å². The van der Waals surface area contributed by atoms with Gasteiger partial charge in [0, 0.05) is 49.3 Å². The van der Waals surface area contributed by atoms with Crippen LogP contribution in [0.1, 0.15) is 23.1 Å². The quantitative estimate of drug-likeness (QED) is 0.449. The highest BCUT2D eigenvalue weighted by atomic mass is 35.5. The van der Waals surface area contributed by atoms with E-state index in [1.165, 1.54) is 6.20 Å². The molecule has 2 aromatic carbocycles. The van der Waals surface area contributed by atoms with Crippen LogP contribution in [-0.2, 0) is 13.1 Å². The lowest BCUT2D eigenvalue weighted by atomic mass is 10.1. The number of halogens is 2. The number of anilines is 1. The Labute approximate surface area is 199 Å². The Balaban J connectivity index is 1.36. The van der Waals surface area contributed by atoms with E-state index in [0.29, 0.717) is 55.5 Å². The first-order valence-corrected chi connectivity index (χ1v) is 11.4. The normalized spacial score (nSPS) is 14.9. The number of carboxylic acids is 1. The van der Waals surface area contributed by atoms with E-state index in [2.05, 4.69) is 14.9 Å². The average Bonchev–Trinajstić information content (AvgIpc) is 3.21. The average molecular weight is 484 g/mol. The minimum atomic E-state index is -1.32. The second-order valence-corrected chi connectivity index (χ2v) is 8.83. The van der Waals surface area contributed by atoms with E-state index < -0.39 is 17.2 Å². The Bertz CT molecular complexity index is 1470. The number of aryl methyl sites for hydroxylation is 1. The van der Waals surface area contributed by atoms with Crippen molar-refractivity contribution in [3.63, 3.8) is 0 Å². The van der Waals surface area contributed by atoms with E-state index in [0.717, 1.165) is 22.9 Å². The summed E-state index contributed by atoms with van der Waals surface area (Å²) >= 11 is 6.05. The highest BCUT2D eigenvalue weighted by molar-refractivity contribution is 6.31. The molecule has 4 aromatic rings. The molecule has 3 heterocycles. The summed E-state index contributed by atoms with van der Waals surface area (Å²) in [7, 11) is 0. The lowest BCUT2D eigenvalue weighted by Crippen LogP contribution is -2.46. The summed E-state index contributed by atoms with van der Waals surface area (Å²) in [5, 5.41) is 10.1. The molecule has 1 fully saturated rings. The summed E-state index contributed by atoms with van der Waals surface area (Å²) in [6.07, 6.45) is 1.33. The van der Waals surface area contributed by atoms with Gasteiger partial charge in [0.25, 0.3) is 0 Å². The number of aromatic nitrogens is 3. The third-order valence-electron chi connectivity index (χ3n) is 6.30. The molecule has 0 amide bonds. The van der Waals surface area contributed by atoms with Crippen LogP contribution in [0.15, 0.2) is 41.3 Å². The van der Waals surface area contributed by atoms with Gasteiger partial charge in [0.1, 0.15) is 17.2 Å². The Kier molecular flexibility index (Phi) is 5.75. The van der Waals surface area contributed by atoms with Crippen molar-refractivity contribution >= 4 is 45.2 Å². The lowest BCUT2D eigenvalue weighted by Gasteiger charge is -2.36. The molecule has 2 N–H and O–H groups in total. The van der Waals surface area contributed by atoms with E-state index in [9.17, 15) is 14.7 Å². The van der Waals surface area contributed by atoms with E-state index in [1.807, 2.05) is 30.0 Å². The number of nitrogens with zero attached hydrogens (tertiary/aromatic N) is 4. The zero-order chi connectivity index (χ0) is 24.0. The summed E-state index contributed by atoms with van der Waals surface area (Å²) in [6.45, 7) is 5.60. The fourth-order valence-electron chi connectivity index (χ4n) is 4.52. The Morgan fingerprint density at radius 1 is 1.21 bits per heavy atom. The molecular formula is C24H23ClFN5O3. The number of piperazine rings is 1. The number of fused-ring (bicyclic) bond motifs is 2. The second-order valence-electron chi connectivity index (χ2n) is 8.39. The molecule has 0 spiro atoms. The molecule has 0 atom stereocenters. The van der Waals surface area contributed by atoms with Crippen LogP contribution in [0.2, 0.25) is 5.02 Å². The third kappa shape index (κ3) is 4.01. The number of carboxylic acid groups (broad SMARTS) is 1. The maximum Gasteiger partial charge on any atom is 0.341 e. The zero-order valence-corrected chi connectivity index (χ0v) is 19.3. The molecule has 5 rings (SSSR count). The van der Waals surface area contributed by atoms with Gasteiger partial charge in [-0.05, 0) is 37.3 Å². The molecule has 8 nitrogen and oxygen atoms in total. The van der Waals surface area contributed by atoms with Crippen LogP contribution in [0.5, 0.6) is 0 Å². The fourth-order valence-corrected chi connectivity index (χ4v) is 4.70. The van der Waals surface area contributed by atoms with Gasteiger partial charge in [-0.15, -0.1) is 0 Å². The molecule has 34 heavy (non-hydrogen) atoms. The molecule has 1 aliphatic rings. The summed E-state index contributed by atoms with van der Waals surface area (Å²) in [4.78, 5) is 36.1. The number of hydrogen-bond acceptors (Lipinski definition) is 5. The molecule has 1 saturated heterocycles. The number of nitrogens with one attached hydrogen (secondary N) is 1. The van der Waals surface area contributed by atoms with Crippen LogP contribution < -0.4 is 10.3 Å². The SMILES string of the molecule is CCn1cc(C(=O)O)c(=O)c2cc(F)c(N3CCN(Cc4nc5ccc(Cl)cc5[nH]4)CC3)cc21. The number of hydrogen-bond donors (Lipinski definition) is 2. The monoisotopic (exact) mass is 483 g/mol. The van der Waals surface area contributed by atoms with Crippen LogP contribution in [0, 0.1) is 5.82 Å². The molecular weight excluding hydrogens is 461 g/mol. The number of aromatic amines is 1. The number of pyridine rings is 1. The second kappa shape index (κ2) is 8.73. The minimum absolute atomic E-state index is 0.0756. The Hall–Kier alpha value is -3.43. The van der Waals surface area contributed by atoms with Gasteiger partial charge < -0.3 is 19.6 Å². The van der Waals surface area contributed by atoms with Gasteiger partial charge in [0.2, 0.25) is 5.43 Å². The molecule has 0 radical (unpaired) electrons. The molecule has 1 aliphatic heterocycles. The highest BCUT2D eigenvalue weighted by Crippen LogP contribution is 2.27. The van der Waals surface area contributed by atoms with Gasteiger partial charge in [-0.1, -0.05) is 11.6 Å². The maximum atomic E-state index is 15.1. The summed E-state index contributed by atoms with van der Waals surface area (Å²) < 4.78 is 16.7. The van der Waals surface area contributed by atoms with Gasteiger partial charge in [0.15, 0.2) is 0 Å². The molecule has 0 saturated carbocycles. The lowest BCUT2D eigenvalue weighted by molar-refractivity contribution is 0.0695. The van der Waals surface area contributed by atoms with Crippen LogP contribution in [-0.4, -0.2) is 56.7 Å². The number of rotatable bonds is 5. The zero-order valence-electron chi connectivity index (χ0n) is 18.5. The van der Waals surface area contributed by atoms with E-state index in [1.54, 1.807) is 10.6 Å². The fraction of sp³-hybridized carbons (Fsp3) is 0.292. The smallest absolute Gasteiger partial charge is 0.341 e. The van der Waals surface area contributed by atoms with E-state index in [-0.39, 0.29) is 10.9 Å². The number of benzene rings is 2. The predicted molar refractivity (Wildman–Crippen MR) is 129 cm³/mol. The topological polar surface area (TPSA) is 94.5 Å². The Morgan fingerprint density at radius 2 is 1.97 bits per heavy atom. The third-order valence-corrected chi connectivity index (χ3v) is 6.53. The van der Waals surface area contributed by atoms with Crippen LogP contribution in [0.3, 0.4) is 0 Å². The van der Waals surface area contributed by atoms with Gasteiger partial charge in [-0.3, -0.25) is 9.69 Å². The first-order chi connectivity index (χ1) is 16.3. The van der Waals surface area contributed by atoms with Crippen molar-refractivity contribution in [1.29, 1.82) is 0 Å². The molecule has 176 valence electrons. The number of H-pyrrole nitrogens is 1. The van der Waals surface area contributed by atoms with Crippen molar-refractivity contribution in [2.75, 3.05) is 31.1 Å². The standard InChI is InChI=1S/C24H23ClFN5O3/c1-2-30-12-16(24(33)34)23(32)15-10-17(26)21(11-20(15)30)31-7-5-29(6-8-31)13-22-27-18-4-3-14(25)9-19(18)28-22/h3-4,9-12H,2,5-8,13H2,1H3,(H,27,28)(H,33,34). The molecule has 10 heteroatoms. The number of carbonyl (C=O) groups is 1. The van der Waals surface area contributed by atoms with Crippen molar-refractivity contribution in [2.24, 2.45) is 0 Å². The van der Waals surface area contributed by atoms with Crippen molar-refractivity contribution in [2.45, 2.75) is 20.0 Å². The van der Waals surface area contributed by atoms with E-state index in [4.69, 9.17) is 11.6 Å². The van der Waals surface area contributed by atoms with Crippen molar-refractivity contribution in [3.8, 4) is 0 Å². The first-order valence-electron chi connectivity index (χ1n) is 11.1. The number of imidazole rings is 1. The summed E-state index contributed by atoms with van der Waals surface area (Å²) in [5.41, 5.74) is 1.67. The molecule has 0 unspecified atom stereocenters. The van der Waals surface area contributed by atoms with E-state index >= 15 is 4.39 Å². The summed E-state index contributed by atoms with van der Waals surface area (Å²) in [5.74, 6) is -0.997. The maximum absolute atomic E-state index is 15.1. The van der Waals surface area contributed by atoms with Crippen molar-refractivity contribution in [3.05, 3.63) is 69.0 Å². The minimum Gasteiger partial charge on any atom is -0.477 e. The molecule has 0 aliphatic carbocycles. The highest BCUT2D eigenvalue weighted by Gasteiger charge is 2.23. The van der Waals surface area contributed by atoms with Crippen LogP contribution >= 0.6 is 11.6 Å². The van der Waals surface area contributed by atoms with Gasteiger partial charge in [-0.2, -0.15) is 0 Å². The van der Waals surface area contributed by atoms with Crippen LogP contribution in [0.4, 0.5) is 10.1 Å². The largest absolute Gasteiger partial charge is 0.477 e.